The first-order chi connectivity index (χ1) is 14.3. The monoisotopic (exact) mass is 436 g/mol. The molecule has 0 bridgehead atoms. The largest absolute Gasteiger partial charge is 0.425 e. The predicted octanol–water partition coefficient (Wildman–Crippen LogP) is 1.29. The van der Waals surface area contributed by atoms with Gasteiger partial charge in [0.1, 0.15) is 0 Å². The minimum Gasteiger partial charge on any atom is -0.425 e. The molecule has 0 aromatic heterocycles. The summed E-state index contributed by atoms with van der Waals surface area (Å²) >= 11 is 0. The molecule has 0 radical (unpaired) electrons. The Morgan fingerprint density at radius 1 is 1.17 bits per heavy atom. The van der Waals surface area contributed by atoms with Crippen LogP contribution in [0.25, 0.3) is 0 Å². The molecule has 1 aromatic rings. The van der Waals surface area contributed by atoms with E-state index in [1.54, 1.807) is 0 Å². The topological polar surface area (TPSA) is 93.2 Å². The van der Waals surface area contributed by atoms with Crippen LogP contribution in [0.5, 0.6) is 0 Å². The molecule has 164 valence electrons. The highest BCUT2D eigenvalue weighted by Crippen LogP contribution is 2.49. The molecule has 0 aliphatic carbocycles. The van der Waals surface area contributed by atoms with Gasteiger partial charge in [0, 0.05) is 45.6 Å². The quantitative estimate of drug-likeness (QED) is 0.490. The van der Waals surface area contributed by atoms with Crippen molar-refractivity contribution in [1.29, 1.82) is 0 Å². The number of hydrogen-bond donors (Lipinski definition) is 0. The van der Waals surface area contributed by atoms with E-state index in [4.69, 9.17) is 9.47 Å². The number of rotatable bonds is 6. The van der Waals surface area contributed by atoms with E-state index in [-0.39, 0.29) is 25.5 Å². The van der Waals surface area contributed by atoms with Crippen molar-refractivity contribution in [2.75, 3.05) is 32.4 Å². The fraction of sp³-hybridized carbons (Fsp3) is 0.619. The molecule has 8 nitrogen and oxygen atoms in total. The van der Waals surface area contributed by atoms with Crippen molar-refractivity contribution in [1.82, 2.24) is 9.21 Å². The summed E-state index contributed by atoms with van der Waals surface area (Å²) in [5.74, 6) is -1.66. The SMILES string of the molecule is CS(=O)(=O)N1CCC2(CC1)CC(CCN1CCc3ccccc3C1)(OC=O)OC2=O. The van der Waals surface area contributed by atoms with Gasteiger partial charge in [-0.25, -0.2) is 12.7 Å². The molecule has 1 spiro atoms. The number of piperidine rings is 1. The molecule has 0 N–H and O–H groups in total. The molecule has 0 saturated carbocycles. The molecule has 30 heavy (non-hydrogen) atoms. The van der Waals surface area contributed by atoms with Crippen molar-refractivity contribution < 1.29 is 27.5 Å². The molecule has 2 fully saturated rings. The van der Waals surface area contributed by atoms with Gasteiger partial charge >= 0.3 is 5.97 Å². The van der Waals surface area contributed by atoms with Crippen molar-refractivity contribution in [2.24, 2.45) is 5.41 Å². The highest BCUT2D eigenvalue weighted by atomic mass is 32.2. The minimum atomic E-state index is -3.29. The lowest BCUT2D eigenvalue weighted by molar-refractivity contribution is -0.207. The van der Waals surface area contributed by atoms with Crippen LogP contribution in [0.4, 0.5) is 0 Å². The minimum absolute atomic E-state index is 0.272. The van der Waals surface area contributed by atoms with Gasteiger partial charge < -0.3 is 9.47 Å². The molecular formula is C21H28N2O6S. The van der Waals surface area contributed by atoms with Crippen molar-refractivity contribution >= 4 is 22.5 Å². The maximum atomic E-state index is 12.8. The lowest BCUT2D eigenvalue weighted by atomic mass is 9.75. The van der Waals surface area contributed by atoms with Gasteiger partial charge in [-0.15, -0.1) is 0 Å². The molecule has 9 heteroatoms. The van der Waals surface area contributed by atoms with Crippen LogP contribution in [0.1, 0.15) is 36.8 Å². The fourth-order valence-electron chi connectivity index (χ4n) is 4.95. The van der Waals surface area contributed by atoms with Crippen LogP contribution in [-0.4, -0.2) is 68.3 Å². The number of fused-ring (bicyclic) bond motifs is 1. The van der Waals surface area contributed by atoms with Gasteiger partial charge in [-0.1, -0.05) is 24.3 Å². The summed E-state index contributed by atoms with van der Waals surface area (Å²) in [6, 6.07) is 8.35. The fourth-order valence-corrected chi connectivity index (χ4v) is 5.80. The summed E-state index contributed by atoms with van der Waals surface area (Å²) in [4.78, 5) is 26.3. The van der Waals surface area contributed by atoms with Crippen molar-refractivity contribution in [3.63, 3.8) is 0 Å². The molecule has 3 aliphatic rings. The van der Waals surface area contributed by atoms with Crippen LogP contribution < -0.4 is 0 Å². The number of nitrogens with zero attached hydrogens (tertiary/aromatic N) is 2. The van der Waals surface area contributed by atoms with Crippen molar-refractivity contribution in [2.45, 2.75) is 44.4 Å². The highest BCUT2D eigenvalue weighted by Gasteiger charge is 2.59. The van der Waals surface area contributed by atoms with E-state index in [1.165, 1.54) is 21.7 Å². The Bertz CT molecular complexity index is 925. The van der Waals surface area contributed by atoms with Crippen molar-refractivity contribution in [3.8, 4) is 0 Å². The van der Waals surface area contributed by atoms with Crippen LogP contribution in [0.15, 0.2) is 24.3 Å². The van der Waals surface area contributed by atoms with Crippen LogP contribution in [-0.2, 0) is 42.1 Å². The number of ether oxygens (including phenoxy) is 2. The maximum Gasteiger partial charge on any atom is 0.315 e. The normalized spacial score (nSPS) is 26.9. The first-order valence-electron chi connectivity index (χ1n) is 10.3. The third kappa shape index (κ3) is 4.10. The lowest BCUT2D eigenvalue weighted by Gasteiger charge is -2.36. The number of cyclic esters (lactones) is 1. The van der Waals surface area contributed by atoms with Gasteiger partial charge in [-0.3, -0.25) is 14.5 Å². The third-order valence-electron chi connectivity index (χ3n) is 6.75. The summed E-state index contributed by atoms with van der Waals surface area (Å²) in [6.45, 7) is 3.25. The van der Waals surface area contributed by atoms with E-state index >= 15 is 0 Å². The lowest BCUT2D eigenvalue weighted by Crippen LogP contribution is -2.45. The third-order valence-corrected chi connectivity index (χ3v) is 8.05. The van der Waals surface area contributed by atoms with Gasteiger partial charge in [0.05, 0.1) is 11.7 Å². The number of carbonyl (C=O) groups is 2. The number of sulfonamides is 1. The van der Waals surface area contributed by atoms with Gasteiger partial charge in [-0.2, -0.15) is 0 Å². The van der Waals surface area contributed by atoms with E-state index in [1.807, 2.05) is 12.1 Å². The molecule has 3 aliphatic heterocycles. The second-order valence-electron chi connectivity index (χ2n) is 8.68. The number of esters is 1. The Balaban J connectivity index is 1.42. The second-order valence-corrected chi connectivity index (χ2v) is 10.7. The number of benzene rings is 1. The van der Waals surface area contributed by atoms with E-state index in [0.717, 1.165) is 19.5 Å². The summed E-state index contributed by atoms with van der Waals surface area (Å²) in [5.41, 5.74) is 1.86. The highest BCUT2D eigenvalue weighted by molar-refractivity contribution is 7.88. The first-order valence-corrected chi connectivity index (χ1v) is 12.2. The van der Waals surface area contributed by atoms with Crippen LogP contribution in [0.2, 0.25) is 0 Å². The maximum absolute atomic E-state index is 12.8. The Labute approximate surface area is 177 Å². The molecule has 4 rings (SSSR count). The van der Waals surface area contributed by atoms with Gasteiger partial charge in [0.15, 0.2) is 0 Å². The van der Waals surface area contributed by atoms with Crippen molar-refractivity contribution in [3.05, 3.63) is 35.4 Å². The number of hydrogen-bond acceptors (Lipinski definition) is 7. The van der Waals surface area contributed by atoms with E-state index in [2.05, 4.69) is 17.0 Å². The van der Waals surface area contributed by atoms with Crippen LogP contribution in [0, 0.1) is 5.41 Å². The summed E-state index contributed by atoms with van der Waals surface area (Å²) in [6.07, 6.45) is 3.56. The zero-order chi connectivity index (χ0) is 21.4. The molecule has 1 aromatic carbocycles. The van der Waals surface area contributed by atoms with Gasteiger partial charge in [0.2, 0.25) is 10.0 Å². The summed E-state index contributed by atoms with van der Waals surface area (Å²) in [5, 5.41) is 0. The average molecular weight is 437 g/mol. The Hall–Kier alpha value is -1.97. The molecular weight excluding hydrogens is 408 g/mol. The zero-order valence-electron chi connectivity index (χ0n) is 17.2. The summed E-state index contributed by atoms with van der Waals surface area (Å²) < 4.78 is 36.0. The molecule has 3 heterocycles. The smallest absolute Gasteiger partial charge is 0.315 e. The zero-order valence-corrected chi connectivity index (χ0v) is 18.0. The summed E-state index contributed by atoms with van der Waals surface area (Å²) in [7, 11) is -3.29. The predicted molar refractivity (Wildman–Crippen MR) is 109 cm³/mol. The average Bonchev–Trinajstić information content (AvgIpc) is 2.97. The van der Waals surface area contributed by atoms with Gasteiger partial charge in [-0.05, 0) is 30.4 Å². The Morgan fingerprint density at radius 2 is 1.87 bits per heavy atom. The second kappa shape index (κ2) is 7.94. The molecule has 2 saturated heterocycles. The van der Waals surface area contributed by atoms with Crippen LogP contribution >= 0.6 is 0 Å². The number of carbonyl (C=O) groups excluding carboxylic acids is 2. The van der Waals surface area contributed by atoms with E-state index in [0.29, 0.717) is 32.3 Å². The van der Waals surface area contributed by atoms with E-state index in [9.17, 15) is 18.0 Å². The standard InChI is InChI=1S/C21H28N2O6S/c1-30(26,27)23-12-7-20(8-13-23)15-21(28-16-24,29-19(20)25)9-11-22-10-6-17-4-2-3-5-18(17)14-22/h2-5,16H,6-15H2,1H3. The molecule has 1 unspecified atom stereocenters. The molecule has 1 atom stereocenters. The van der Waals surface area contributed by atoms with Gasteiger partial charge in [0.25, 0.3) is 12.3 Å². The van der Waals surface area contributed by atoms with Crippen LogP contribution in [0.3, 0.4) is 0 Å². The first kappa shape index (κ1) is 21.3. The Morgan fingerprint density at radius 3 is 2.53 bits per heavy atom. The van der Waals surface area contributed by atoms with E-state index < -0.39 is 21.2 Å². The molecule has 0 amide bonds. The Kier molecular flexibility index (Phi) is 5.63.